The Morgan fingerprint density at radius 1 is 1.31 bits per heavy atom. The van der Waals surface area contributed by atoms with E-state index in [1.165, 1.54) is 4.90 Å². The number of ether oxygens (including phenoxy) is 3. The van der Waals surface area contributed by atoms with Crippen LogP contribution in [0, 0.1) is 11.3 Å². The molecule has 0 bridgehead atoms. The predicted molar refractivity (Wildman–Crippen MR) is 109 cm³/mol. The van der Waals surface area contributed by atoms with Crippen molar-refractivity contribution >= 4 is 5.91 Å². The standard InChI is InChI=1S/C21H33FN4O6/c1-20(2)31-16-11-30-21(29,19(28)18(16)32-20)12-25-5-3-14(4-6-25)24-9-17(27)26-10-13(22)7-15(26)8-23/h13-16,18-19,24,28-29H,3-7,9-12H2,1-2H3/t13-,15-,16+,18+,19-,21+/m0/s1. The molecule has 4 aliphatic rings. The van der Waals surface area contributed by atoms with Crippen molar-refractivity contribution in [2.24, 2.45) is 0 Å². The number of β-amino-alcohol motifs (C(OH)–C–C–N with tert-alkyl or cyclic N) is 1. The molecule has 4 fully saturated rings. The second-order valence-corrected chi connectivity index (χ2v) is 9.69. The Morgan fingerprint density at radius 3 is 2.72 bits per heavy atom. The van der Waals surface area contributed by atoms with Crippen LogP contribution in [-0.4, -0.2) is 113 Å². The van der Waals surface area contributed by atoms with Gasteiger partial charge in [0.05, 0.1) is 32.3 Å². The highest BCUT2D eigenvalue weighted by Gasteiger charge is 2.56. The van der Waals surface area contributed by atoms with Crippen molar-refractivity contribution < 1.29 is 33.6 Å². The summed E-state index contributed by atoms with van der Waals surface area (Å²) >= 11 is 0. The molecule has 32 heavy (non-hydrogen) atoms. The lowest BCUT2D eigenvalue weighted by atomic mass is 9.95. The smallest absolute Gasteiger partial charge is 0.237 e. The van der Waals surface area contributed by atoms with Crippen molar-refractivity contribution in [2.45, 2.75) is 81.3 Å². The molecule has 0 saturated carbocycles. The van der Waals surface area contributed by atoms with Crippen molar-refractivity contribution in [3.63, 3.8) is 0 Å². The number of piperidine rings is 1. The molecule has 0 aromatic carbocycles. The normalized spacial score (nSPS) is 40.2. The third-order valence-electron chi connectivity index (χ3n) is 6.79. The largest absolute Gasteiger partial charge is 0.385 e. The minimum atomic E-state index is -1.74. The molecule has 6 atom stereocenters. The summed E-state index contributed by atoms with van der Waals surface area (Å²) in [6, 6.07) is 1.40. The van der Waals surface area contributed by atoms with Gasteiger partial charge in [0.1, 0.15) is 30.5 Å². The van der Waals surface area contributed by atoms with Gasteiger partial charge >= 0.3 is 0 Å². The number of fused-ring (bicyclic) bond motifs is 1. The Hall–Kier alpha value is -1.39. The number of alkyl halides is 1. The fourth-order valence-corrected chi connectivity index (χ4v) is 5.10. The van der Waals surface area contributed by atoms with Crippen molar-refractivity contribution in [1.29, 1.82) is 5.26 Å². The average Bonchev–Trinajstić information content (AvgIpc) is 3.29. The zero-order valence-electron chi connectivity index (χ0n) is 18.6. The summed E-state index contributed by atoms with van der Waals surface area (Å²) in [6.45, 7) is 5.16. The molecular weight excluding hydrogens is 423 g/mol. The van der Waals surface area contributed by atoms with Crippen LogP contribution in [0.1, 0.15) is 33.1 Å². The van der Waals surface area contributed by atoms with Crippen LogP contribution in [0.2, 0.25) is 0 Å². The van der Waals surface area contributed by atoms with E-state index < -0.39 is 42.1 Å². The number of rotatable bonds is 5. The quantitative estimate of drug-likeness (QED) is 0.482. The Balaban J connectivity index is 1.22. The molecule has 3 N–H and O–H groups in total. The lowest BCUT2D eigenvalue weighted by Crippen LogP contribution is -2.64. The van der Waals surface area contributed by atoms with E-state index in [-0.39, 0.29) is 44.6 Å². The number of aliphatic hydroxyl groups is 2. The summed E-state index contributed by atoms with van der Waals surface area (Å²) in [5.74, 6) is -2.84. The number of hydrogen-bond acceptors (Lipinski definition) is 9. The summed E-state index contributed by atoms with van der Waals surface area (Å²) in [5.41, 5.74) is 0. The Labute approximate surface area is 187 Å². The molecule has 4 heterocycles. The molecule has 11 heteroatoms. The van der Waals surface area contributed by atoms with Crippen LogP contribution in [0.15, 0.2) is 0 Å². The van der Waals surface area contributed by atoms with Gasteiger partial charge in [-0.1, -0.05) is 0 Å². The summed E-state index contributed by atoms with van der Waals surface area (Å²) in [4.78, 5) is 15.7. The topological polar surface area (TPSA) is 128 Å². The maximum absolute atomic E-state index is 13.5. The highest BCUT2D eigenvalue weighted by Crippen LogP contribution is 2.38. The van der Waals surface area contributed by atoms with E-state index in [0.717, 1.165) is 12.8 Å². The van der Waals surface area contributed by atoms with Crippen LogP contribution in [0.3, 0.4) is 0 Å². The van der Waals surface area contributed by atoms with Gasteiger partial charge < -0.3 is 34.6 Å². The second kappa shape index (κ2) is 9.10. The molecule has 4 saturated heterocycles. The predicted octanol–water partition coefficient (Wildman–Crippen LogP) is -0.897. The number of amides is 1. The Bertz CT molecular complexity index is 742. The van der Waals surface area contributed by atoms with Crippen LogP contribution in [0.25, 0.3) is 0 Å². The number of nitrogens with zero attached hydrogens (tertiary/aromatic N) is 3. The first kappa shape index (κ1) is 23.8. The molecule has 0 aromatic rings. The highest BCUT2D eigenvalue weighted by atomic mass is 19.1. The molecule has 10 nitrogen and oxygen atoms in total. The van der Waals surface area contributed by atoms with Crippen LogP contribution < -0.4 is 5.32 Å². The number of carbonyl (C=O) groups excluding carboxylic acids is 1. The summed E-state index contributed by atoms with van der Waals surface area (Å²) in [6.07, 6.45) is -1.88. The van der Waals surface area contributed by atoms with E-state index in [0.29, 0.717) is 13.1 Å². The number of nitrogens with one attached hydrogen (secondary N) is 1. The van der Waals surface area contributed by atoms with Crippen molar-refractivity contribution in [3.05, 3.63) is 0 Å². The van der Waals surface area contributed by atoms with E-state index in [9.17, 15) is 19.4 Å². The van der Waals surface area contributed by atoms with Gasteiger partial charge in [0.2, 0.25) is 11.7 Å². The summed E-state index contributed by atoms with van der Waals surface area (Å²) < 4.78 is 30.6. The highest BCUT2D eigenvalue weighted by molar-refractivity contribution is 5.79. The van der Waals surface area contributed by atoms with Crippen molar-refractivity contribution in [1.82, 2.24) is 15.1 Å². The first-order valence-corrected chi connectivity index (χ1v) is 11.3. The van der Waals surface area contributed by atoms with Gasteiger partial charge in [-0.2, -0.15) is 5.26 Å². The average molecular weight is 457 g/mol. The lowest BCUT2D eigenvalue weighted by Gasteiger charge is -2.44. The Morgan fingerprint density at radius 2 is 2.03 bits per heavy atom. The van der Waals surface area contributed by atoms with Crippen LogP contribution in [0.4, 0.5) is 4.39 Å². The molecule has 180 valence electrons. The van der Waals surface area contributed by atoms with Crippen molar-refractivity contribution in [2.75, 3.05) is 39.3 Å². The number of likely N-dealkylation sites (tertiary alicyclic amines) is 2. The van der Waals surface area contributed by atoms with Gasteiger partial charge in [0, 0.05) is 12.5 Å². The van der Waals surface area contributed by atoms with Gasteiger partial charge in [-0.05, 0) is 39.8 Å². The maximum Gasteiger partial charge on any atom is 0.237 e. The monoisotopic (exact) mass is 456 g/mol. The molecule has 0 aliphatic carbocycles. The maximum atomic E-state index is 13.5. The zero-order chi connectivity index (χ0) is 23.1. The number of hydrogen-bond donors (Lipinski definition) is 3. The number of nitriles is 1. The zero-order valence-corrected chi connectivity index (χ0v) is 18.6. The van der Waals surface area contributed by atoms with Gasteiger partial charge in [0.15, 0.2) is 5.79 Å². The molecule has 0 spiro atoms. The van der Waals surface area contributed by atoms with Crippen LogP contribution in [0.5, 0.6) is 0 Å². The van der Waals surface area contributed by atoms with Gasteiger partial charge in [-0.25, -0.2) is 4.39 Å². The molecule has 4 rings (SSSR count). The van der Waals surface area contributed by atoms with E-state index in [1.807, 2.05) is 11.0 Å². The first-order chi connectivity index (χ1) is 15.1. The van der Waals surface area contributed by atoms with Gasteiger partial charge in [-0.3, -0.25) is 9.69 Å². The van der Waals surface area contributed by atoms with Crippen LogP contribution >= 0.6 is 0 Å². The Kier molecular flexibility index (Phi) is 6.76. The third-order valence-corrected chi connectivity index (χ3v) is 6.79. The summed E-state index contributed by atoms with van der Waals surface area (Å²) in [5, 5.41) is 34.0. The van der Waals surface area contributed by atoms with Crippen molar-refractivity contribution in [3.8, 4) is 6.07 Å². The fourth-order valence-electron chi connectivity index (χ4n) is 5.10. The van der Waals surface area contributed by atoms with E-state index in [1.54, 1.807) is 13.8 Å². The minimum Gasteiger partial charge on any atom is -0.385 e. The number of aliphatic hydroxyl groups excluding tert-OH is 1. The SMILES string of the molecule is CC1(C)O[C@@H]2[C@@H](CO[C@](O)(CN3CCC(NCC(=O)N4C[C@@H](F)C[C@H]4C#N)CC3)[C@H]2O)O1. The molecule has 0 radical (unpaired) electrons. The molecular formula is C21H33FN4O6. The van der Waals surface area contributed by atoms with E-state index >= 15 is 0 Å². The van der Waals surface area contributed by atoms with Gasteiger partial charge in [0.25, 0.3) is 0 Å². The number of halogens is 1. The first-order valence-electron chi connectivity index (χ1n) is 11.3. The number of carbonyl (C=O) groups is 1. The van der Waals surface area contributed by atoms with Gasteiger partial charge in [-0.15, -0.1) is 0 Å². The van der Waals surface area contributed by atoms with E-state index in [4.69, 9.17) is 19.5 Å². The third kappa shape index (κ3) is 4.92. The van der Waals surface area contributed by atoms with E-state index in [2.05, 4.69) is 5.32 Å². The lowest BCUT2D eigenvalue weighted by molar-refractivity contribution is -0.311. The minimum absolute atomic E-state index is 0.0219. The van der Waals surface area contributed by atoms with Crippen LogP contribution in [-0.2, 0) is 19.0 Å². The fraction of sp³-hybridized carbons (Fsp3) is 0.905. The molecule has 0 aromatic heterocycles. The summed E-state index contributed by atoms with van der Waals surface area (Å²) in [7, 11) is 0. The molecule has 4 aliphatic heterocycles. The second-order valence-electron chi connectivity index (χ2n) is 9.69. The molecule has 1 amide bonds. The molecule has 0 unspecified atom stereocenters.